The SMILES string of the molecule is CC(C)C(C)C=CC(C)C1CCC2(O)C3=C(CCC12C)C1(C)CCC(O)CC12OC2C3=O. The quantitative estimate of drug-likeness (QED) is 0.476. The maximum absolute atomic E-state index is 13.7. The molecule has 3 fully saturated rings. The van der Waals surface area contributed by atoms with Crippen molar-refractivity contribution in [3.63, 3.8) is 0 Å². The Labute approximate surface area is 193 Å². The molecule has 2 saturated carbocycles. The summed E-state index contributed by atoms with van der Waals surface area (Å²) in [6.07, 6.45) is 9.34. The Balaban J connectivity index is 1.51. The molecular formula is C28H42O4. The normalized spacial score (nSPS) is 49.5. The minimum Gasteiger partial charge on any atom is -0.393 e. The van der Waals surface area contributed by atoms with Crippen LogP contribution in [-0.2, 0) is 9.53 Å². The molecule has 1 spiro atoms. The van der Waals surface area contributed by atoms with Crippen molar-refractivity contribution < 1.29 is 19.7 Å². The van der Waals surface area contributed by atoms with Gasteiger partial charge in [0.15, 0.2) is 11.9 Å². The number of aliphatic hydroxyl groups excluding tert-OH is 1. The van der Waals surface area contributed by atoms with E-state index in [0.29, 0.717) is 42.1 Å². The van der Waals surface area contributed by atoms with E-state index in [1.807, 2.05) is 0 Å². The van der Waals surface area contributed by atoms with Crippen LogP contribution in [0.5, 0.6) is 0 Å². The van der Waals surface area contributed by atoms with Gasteiger partial charge in [0, 0.05) is 22.8 Å². The van der Waals surface area contributed by atoms with Gasteiger partial charge < -0.3 is 14.9 Å². The molecule has 9 atom stereocenters. The van der Waals surface area contributed by atoms with Crippen LogP contribution in [0.4, 0.5) is 0 Å². The largest absolute Gasteiger partial charge is 0.393 e. The first kappa shape index (κ1) is 22.8. The second-order valence-corrected chi connectivity index (χ2v) is 12.6. The van der Waals surface area contributed by atoms with Crippen LogP contribution in [0.3, 0.4) is 0 Å². The third kappa shape index (κ3) is 2.69. The van der Waals surface area contributed by atoms with Gasteiger partial charge in [-0.3, -0.25) is 4.79 Å². The van der Waals surface area contributed by atoms with E-state index in [2.05, 4.69) is 53.7 Å². The van der Waals surface area contributed by atoms with Crippen LogP contribution >= 0.6 is 0 Å². The molecule has 0 radical (unpaired) electrons. The van der Waals surface area contributed by atoms with E-state index in [-0.39, 0.29) is 16.6 Å². The van der Waals surface area contributed by atoms with Crippen LogP contribution in [0.25, 0.3) is 0 Å². The summed E-state index contributed by atoms with van der Waals surface area (Å²) in [4.78, 5) is 13.7. The number of hydrogen-bond acceptors (Lipinski definition) is 4. The van der Waals surface area contributed by atoms with Crippen molar-refractivity contribution in [3.05, 3.63) is 23.3 Å². The summed E-state index contributed by atoms with van der Waals surface area (Å²) in [5, 5.41) is 22.6. The summed E-state index contributed by atoms with van der Waals surface area (Å²) < 4.78 is 6.16. The van der Waals surface area contributed by atoms with Gasteiger partial charge in [0.25, 0.3) is 0 Å². The van der Waals surface area contributed by atoms with Crippen molar-refractivity contribution in [1.82, 2.24) is 0 Å². The third-order valence-electron chi connectivity index (χ3n) is 10.9. The van der Waals surface area contributed by atoms with Gasteiger partial charge in [-0.1, -0.05) is 59.3 Å². The molecule has 5 aliphatic rings. The van der Waals surface area contributed by atoms with E-state index in [0.717, 1.165) is 37.7 Å². The molecule has 32 heavy (non-hydrogen) atoms. The van der Waals surface area contributed by atoms with Gasteiger partial charge in [-0.05, 0) is 62.2 Å². The number of carbonyl (C=O) groups is 1. The molecule has 5 rings (SSSR count). The fourth-order valence-corrected chi connectivity index (χ4v) is 8.19. The van der Waals surface area contributed by atoms with Crippen LogP contribution in [0.2, 0.25) is 0 Å². The molecule has 0 bridgehead atoms. The Kier molecular flexibility index (Phi) is 5.00. The Morgan fingerprint density at radius 2 is 1.78 bits per heavy atom. The smallest absolute Gasteiger partial charge is 0.193 e. The van der Waals surface area contributed by atoms with Gasteiger partial charge in [-0.2, -0.15) is 0 Å². The fourth-order valence-electron chi connectivity index (χ4n) is 8.19. The van der Waals surface area contributed by atoms with Gasteiger partial charge in [0.2, 0.25) is 0 Å². The van der Waals surface area contributed by atoms with Crippen LogP contribution < -0.4 is 0 Å². The van der Waals surface area contributed by atoms with Crippen molar-refractivity contribution in [2.45, 2.75) is 110 Å². The number of allylic oxidation sites excluding steroid dienone is 2. The molecule has 178 valence electrons. The van der Waals surface area contributed by atoms with Crippen LogP contribution in [0, 0.1) is 34.5 Å². The van der Waals surface area contributed by atoms with E-state index < -0.39 is 23.4 Å². The van der Waals surface area contributed by atoms with Gasteiger partial charge >= 0.3 is 0 Å². The highest BCUT2D eigenvalue weighted by atomic mass is 16.6. The molecule has 2 N–H and O–H groups in total. The highest BCUT2D eigenvalue weighted by Crippen LogP contribution is 2.72. The maximum Gasteiger partial charge on any atom is 0.193 e. The zero-order chi connectivity index (χ0) is 23.3. The van der Waals surface area contributed by atoms with E-state index in [1.165, 1.54) is 0 Å². The third-order valence-corrected chi connectivity index (χ3v) is 10.9. The summed E-state index contributed by atoms with van der Waals surface area (Å²) in [7, 11) is 0. The number of ether oxygens (including phenoxy) is 1. The number of Topliss-reactive ketones (excluding diaryl/α,β-unsaturated/α-hetero) is 1. The minimum atomic E-state index is -1.06. The van der Waals surface area contributed by atoms with Crippen LogP contribution in [0.15, 0.2) is 23.3 Å². The number of ketones is 1. The lowest BCUT2D eigenvalue weighted by Gasteiger charge is -2.55. The standard InChI is InChI=1S/C28H42O4/c1-16(2)17(3)7-8-18(4)20-11-14-27(31)22-21(10-13-25(20,27)5)26(6)12-9-19(29)15-28(26)24(32-28)23(22)30/h7-8,16-20,24,29,31H,9-15H2,1-6H3. The zero-order valence-corrected chi connectivity index (χ0v) is 20.8. The summed E-state index contributed by atoms with van der Waals surface area (Å²) in [5.74, 6) is 1.89. The number of fused-ring (bicyclic) bond motifs is 3. The monoisotopic (exact) mass is 442 g/mol. The number of rotatable bonds is 4. The van der Waals surface area contributed by atoms with E-state index >= 15 is 0 Å². The molecule has 0 aromatic rings. The summed E-state index contributed by atoms with van der Waals surface area (Å²) in [5.41, 5.74) is -0.283. The van der Waals surface area contributed by atoms with Crippen molar-refractivity contribution in [2.24, 2.45) is 34.5 Å². The molecule has 0 aromatic carbocycles. The average Bonchev–Trinajstić information content (AvgIpc) is 3.38. The lowest BCUT2D eigenvalue weighted by atomic mass is 9.49. The van der Waals surface area contributed by atoms with Crippen molar-refractivity contribution in [3.8, 4) is 0 Å². The molecular weight excluding hydrogens is 400 g/mol. The van der Waals surface area contributed by atoms with E-state index in [4.69, 9.17) is 4.74 Å². The predicted octanol–water partition coefficient (Wildman–Crippen LogP) is 4.98. The van der Waals surface area contributed by atoms with Gasteiger partial charge in [-0.25, -0.2) is 0 Å². The Morgan fingerprint density at radius 1 is 1.06 bits per heavy atom. The minimum absolute atomic E-state index is 0.0114. The van der Waals surface area contributed by atoms with E-state index in [9.17, 15) is 15.0 Å². The van der Waals surface area contributed by atoms with Gasteiger partial charge in [-0.15, -0.1) is 0 Å². The Morgan fingerprint density at radius 3 is 2.47 bits per heavy atom. The maximum atomic E-state index is 13.7. The topological polar surface area (TPSA) is 70.1 Å². The van der Waals surface area contributed by atoms with Gasteiger partial charge in [0.1, 0.15) is 5.60 Å². The predicted molar refractivity (Wildman–Crippen MR) is 125 cm³/mol. The van der Waals surface area contributed by atoms with Crippen LogP contribution in [0.1, 0.15) is 86.5 Å². The highest BCUT2D eigenvalue weighted by molar-refractivity contribution is 6.06. The molecule has 1 saturated heterocycles. The second kappa shape index (κ2) is 7.02. The molecule has 4 aliphatic carbocycles. The Bertz CT molecular complexity index is 888. The number of epoxide rings is 1. The average molecular weight is 443 g/mol. The first-order valence-electron chi connectivity index (χ1n) is 13.0. The fraction of sp³-hybridized carbons (Fsp3) is 0.821. The molecule has 0 amide bonds. The number of hydrogen-bond donors (Lipinski definition) is 2. The first-order valence-corrected chi connectivity index (χ1v) is 13.0. The number of carbonyl (C=O) groups excluding carboxylic acids is 1. The molecule has 0 aromatic heterocycles. The molecule has 9 unspecified atom stereocenters. The Hall–Kier alpha value is -0.970. The zero-order valence-electron chi connectivity index (χ0n) is 20.8. The second-order valence-electron chi connectivity index (χ2n) is 12.6. The van der Waals surface area contributed by atoms with Crippen molar-refractivity contribution in [2.75, 3.05) is 0 Å². The highest BCUT2D eigenvalue weighted by Gasteiger charge is 2.78. The molecule has 1 aliphatic heterocycles. The van der Waals surface area contributed by atoms with Crippen molar-refractivity contribution in [1.29, 1.82) is 0 Å². The summed E-state index contributed by atoms with van der Waals surface area (Å²) in [6, 6.07) is 0. The molecule has 1 heterocycles. The summed E-state index contributed by atoms with van der Waals surface area (Å²) >= 11 is 0. The first-order chi connectivity index (χ1) is 14.9. The number of aliphatic hydroxyl groups is 2. The lowest BCUT2D eigenvalue weighted by molar-refractivity contribution is -0.125. The van der Waals surface area contributed by atoms with E-state index in [1.54, 1.807) is 0 Å². The summed E-state index contributed by atoms with van der Waals surface area (Å²) in [6.45, 7) is 13.5. The lowest BCUT2D eigenvalue weighted by Crippen LogP contribution is -2.59. The van der Waals surface area contributed by atoms with Crippen molar-refractivity contribution >= 4 is 5.78 Å². The van der Waals surface area contributed by atoms with Crippen LogP contribution in [-0.4, -0.2) is 39.4 Å². The molecule has 4 nitrogen and oxygen atoms in total. The van der Waals surface area contributed by atoms with Gasteiger partial charge in [0.05, 0.1) is 11.7 Å². The molecule has 4 heteroatoms.